The van der Waals surface area contributed by atoms with Crippen LogP contribution in [-0.2, 0) is 0 Å². The standard InChI is InChI=1S/C13H18FNO/c1-9(15)12-6-5-11(14)7-13(12)16-8-10-3-2-4-10/h5-7,9-10H,2-4,8,15H2,1H3. The van der Waals surface area contributed by atoms with Gasteiger partial charge in [0.2, 0.25) is 0 Å². The Hall–Kier alpha value is -1.09. The zero-order valence-electron chi connectivity index (χ0n) is 9.58. The number of halogens is 1. The summed E-state index contributed by atoms with van der Waals surface area (Å²) in [5.74, 6) is 0.971. The fraction of sp³-hybridized carbons (Fsp3) is 0.538. The third kappa shape index (κ3) is 2.53. The topological polar surface area (TPSA) is 35.2 Å². The van der Waals surface area contributed by atoms with Gasteiger partial charge in [-0.3, -0.25) is 0 Å². The Balaban J connectivity index is 2.06. The molecule has 1 saturated carbocycles. The van der Waals surface area contributed by atoms with Crippen LogP contribution in [-0.4, -0.2) is 6.61 Å². The Morgan fingerprint density at radius 3 is 2.81 bits per heavy atom. The molecule has 2 N–H and O–H groups in total. The number of hydrogen-bond donors (Lipinski definition) is 1. The number of ether oxygens (including phenoxy) is 1. The van der Waals surface area contributed by atoms with Gasteiger partial charge < -0.3 is 10.5 Å². The molecule has 0 aliphatic heterocycles. The smallest absolute Gasteiger partial charge is 0.126 e. The van der Waals surface area contributed by atoms with Crippen molar-refractivity contribution in [1.82, 2.24) is 0 Å². The predicted molar refractivity (Wildman–Crippen MR) is 61.8 cm³/mol. The third-order valence-electron chi connectivity index (χ3n) is 3.17. The van der Waals surface area contributed by atoms with Crippen molar-refractivity contribution in [2.75, 3.05) is 6.61 Å². The molecule has 0 aromatic heterocycles. The third-order valence-corrected chi connectivity index (χ3v) is 3.17. The molecule has 1 aliphatic carbocycles. The Bertz CT molecular complexity index is 361. The van der Waals surface area contributed by atoms with Gasteiger partial charge in [0.1, 0.15) is 11.6 Å². The zero-order chi connectivity index (χ0) is 11.5. The first-order valence-electron chi connectivity index (χ1n) is 5.84. The van der Waals surface area contributed by atoms with Crippen LogP contribution < -0.4 is 10.5 Å². The summed E-state index contributed by atoms with van der Waals surface area (Å²) in [6, 6.07) is 4.43. The SMILES string of the molecule is CC(N)c1ccc(F)cc1OCC1CCC1. The number of hydrogen-bond acceptors (Lipinski definition) is 2. The van der Waals surface area contributed by atoms with Gasteiger partial charge in [-0.1, -0.05) is 12.5 Å². The van der Waals surface area contributed by atoms with E-state index in [2.05, 4.69) is 0 Å². The van der Waals surface area contributed by atoms with Crippen molar-refractivity contribution < 1.29 is 9.13 Å². The van der Waals surface area contributed by atoms with E-state index < -0.39 is 0 Å². The van der Waals surface area contributed by atoms with Crippen LogP contribution in [0.3, 0.4) is 0 Å². The average molecular weight is 223 g/mol. The van der Waals surface area contributed by atoms with Crippen molar-refractivity contribution in [3.05, 3.63) is 29.6 Å². The van der Waals surface area contributed by atoms with Gasteiger partial charge in [0.15, 0.2) is 0 Å². The molecule has 1 aromatic carbocycles. The lowest BCUT2D eigenvalue weighted by Crippen LogP contribution is -2.20. The maximum absolute atomic E-state index is 13.1. The van der Waals surface area contributed by atoms with Crippen LogP contribution in [0.25, 0.3) is 0 Å². The first-order valence-corrected chi connectivity index (χ1v) is 5.84. The Labute approximate surface area is 95.6 Å². The van der Waals surface area contributed by atoms with Crippen LogP contribution in [0.5, 0.6) is 5.75 Å². The van der Waals surface area contributed by atoms with Gasteiger partial charge >= 0.3 is 0 Å². The second kappa shape index (κ2) is 4.83. The van der Waals surface area contributed by atoms with Crippen molar-refractivity contribution in [3.8, 4) is 5.75 Å². The molecule has 16 heavy (non-hydrogen) atoms. The monoisotopic (exact) mass is 223 g/mol. The average Bonchev–Trinajstić information content (AvgIpc) is 2.14. The molecule has 1 fully saturated rings. The maximum atomic E-state index is 13.1. The molecule has 1 unspecified atom stereocenters. The fourth-order valence-corrected chi connectivity index (χ4v) is 1.88. The number of benzene rings is 1. The fourth-order valence-electron chi connectivity index (χ4n) is 1.88. The van der Waals surface area contributed by atoms with Crippen LogP contribution in [0.15, 0.2) is 18.2 Å². The van der Waals surface area contributed by atoms with Crippen LogP contribution in [0.1, 0.15) is 37.8 Å². The van der Waals surface area contributed by atoms with Crippen molar-refractivity contribution in [2.24, 2.45) is 11.7 Å². The highest BCUT2D eigenvalue weighted by Crippen LogP contribution is 2.29. The van der Waals surface area contributed by atoms with Gasteiger partial charge in [0.25, 0.3) is 0 Å². The highest BCUT2D eigenvalue weighted by molar-refractivity contribution is 5.36. The summed E-state index contributed by atoms with van der Waals surface area (Å²) in [5.41, 5.74) is 6.69. The predicted octanol–water partition coefficient (Wildman–Crippen LogP) is 3.02. The molecule has 3 heteroatoms. The van der Waals surface area contributed by atoms with Gasteiger partial charge in [0.05, 0.1) is 6.61 Å². The summed E-state index contributed by atoms with van der Waals surface area (Å²) in [4.78, 5) is 0. The highest BCUT2D eigenvalue weighted by Gasteiger charge is 2.19. The first-order chi connectivity index (χ1) is 7.66. The molecule has 1 aliphatic rings. The molecule has 88 valence electrons. The van der Waals surface area contributed by atoms with Gasteiger partial charge in [-0.15, -0.1) is 0 Å². The lowest BCUT2D eigenvalue weighted by Gasteiger charge is -2.26. The molecule has 1 atom stereocenters. The summed E-state index contributed by atoms with van der Waals surface area (Å²) >= 11 is 0. The summed E-state index contributed by atoms with van der Waals surface area (Å²) in [7, 11) is 0. The minimum atomic E-state index is -0.270. The van der Waals surface area contributed by atoms with Crippen molar-refractivity contribution in [1.29, 1.82) is 0 Å². The normalized spacial score (nSPS) is 17.9. The second-order valence-electron chi connectivity index (χ2n) is 4.58. The number of rotatable bonds is 4. The van der Waals surface area contributed by atoms with Crippen LogP contribution in [0, 0.1) is 11.7 Å². The minimum absolute atomic E-state index is 0.128. The Morgan fingerprint density at radius 2 is 2.25 bits per heavy atom. The van der Waals surface area contributed by atoms with Crippen molar-refractivity contribution >= 4 is 0 Å². The molecule has 0 amide bonds. The van der Waals surface area contributed by atoms with E-state index in [1.807, 2.05) is 6.92 Å². The summed E-state index contributed by atoms with van der Waals surface area (Å²) in [5, 5.41) is 0. The summed E-state index contributed by atoms with van der Waals surface area (Å²) < 4.78 is 18.8. The lowest BCUT2D eigenvalue weighted by molar-refractivity contribution is 0.178. The molecule has 1 aromatic rings. The molecule has 2 rings (SSSR count). The molecule has 2 nitrogen and oxygen atoms in total. The zero-order valence-corrected chi connectivity index (χ0v) is 9.58. The van der Waals surface area contributed by atoms with Gasteiger partial charge in [-0.2, -0.15) is 0 Å². The quantitative estimate of drug-likeness (QED) is 0.851. The van der Waals surface area contributed by atoms with E-state index in [1.54, 1.807) is 6.07 Å². The molecular weight excluding hydrogens is 205 g/mol. The van der Waals surface area contributed by atoms with E-state index >= 15 is 0 Å². The van der Waals surface area contributed by atoms with Crippen molar-refractivity contribution in [2.45, 2.75) is 32.2 Å². The van der Waals surface area contributed by atoms with Crippen LogP contribution >= 0.6 is 0 Å². The van der Waals surface area contributed by atoms with E-state index in [1.165, 1.54) is 31.4 Å². The van der Waals surface area contributed by atoms with E-state index in [9.17, 15) is 4.39 Å². The molecule has 0 radical (unpaired) electrons. The van der Waals surface area contributed by atoms with Gasteiger partial charge in [0, 0.05) is 17.7 Å². The Morgan fingerprint density at radius 1 is 1.50 bits per heavy atom. The Kier molecular flexibility index (Phi) is 3.44. The second-order valence-corrected chi connectivity index (χ2v) is 4.58. The molecule has 0 heterocycles. The summed E-state index contributed by atoms with van der Waals surface area (Å²) in [6.45, 7) is 2.56. The maximum Gasteiger partial charge on any atom is 0.126 e. The summed E-state index contributed by atoms with van der Waals surface area (Å²) in [6.07, 6.45) is 3.74. The van der Waals surface area contributed by atoms with Crippen LogP contribution in [0.4, 0.5) is 4.39 Å². The van der Waals surface area contributed by atoms with E-state index in [-0.39, 0.29) is 11.9 Å². The molecule has 0 bridgehead atoms. The minimum Gasteiger partial charge on any atom is -0.493 e. The molecule has 0 spiro atoms. The van der Waals surface area contributed by atoms with E-state index in [4.69, 9.17) is 10.5 Å². The van der Waals surface area contributed by atoms with E-state index in [0.29, 0.717) is 18.3 Å². The lowest BCUT2D eigenvalue weighted by atomic mass is 9.86. The highest BCUT2D eigenvalue weighted by atomic mass is 19.1. The van der Waals surface area contributed by atoms with Crippen molar-refractivity contribution in [3.63, 3.8) is 0 Å². The van der Waals surface area contributed by atoms with E-state index in [0.717, 1.165) is 5.56 Å². The molecule has 0 saturated heterocycles. The first kappa shape index (κ1) is 11.4. The molecular formula is C13H18FNO. The number of nitrogens with two attached hydrogens (primary N) is 1. The van der Waals surface area contributed by atoms with Gasteiger partial charge in [-0.25, -0.2) is 4.39 Å². The van der Waals surface area contributed by atoms with Gasteiger partial charge in [-0.05, 0) is 31.7 Å². The largest absolute Gasteiger partial charge is 0.493 e. The van der Waals surface area contributed by atoms with Crippen LogP contribution in [0.2, 0.25) is 0 Å².